The Hall–Kier alpha value is -4.05. The number of benzene rings is 3. The van der Waals surface area contributed by atoms with Crippen LogP contribution < -0.4 is 5.56 Å². The van der Waals surface area contributed by atoms with Gasteiger partial charge < -0.3 is 10.2 Å². The summed E-state index contributed by atoms with van der Waals surface area (Å²) in [4.78, 5) is 10.2. The van der Waals surface area contributed by atoms with E-state index in [2.05, 4.69) is 10.2 Å². The number of azo groups is 1. The minimum absolute atomic E-state index is 0.0644. The Kier molecular flexibility index (Phi) is 5.96. The van der Waals surface area contributed by atoms with E-state index in [1.54, 1.807) is 49.0 Å². The monoisotopic (exact) mass is 534 g/mol. The van der Waals surface area contributed by atoms with Crippen molar-refractivity contribution in [1.82, 2.24) is 9.36 Å². The number of phenols is 2. The molecular weight excluding hydrogens is 516 g/mol. The highest BCUT2D eigenvalue weighted by molar-refractivity contribution is 7.89. The lowest BCUT2D eigenvalue weighted by molar-refractivity contribution is 0.431. The molecule has 0 aliphatic rings. The summed E-state index contributed by atoms with van der Waals surface area (Å²) in [7, 11) is -8.92. The molecular formula is C21H18N4O9S2. The first-order valence-corrected chi connectivity index (χ1v) is 12.8. The number of phenolic OH excluding ortho intramolecular Hbond substituents is 2. The van der Waals surface area contributed by atoms with Gasteiger partial charge in [-0.1, -0.05) is 24.3 Å². The predicted octanol–water partition coefficient (Wildman–Crippen LogP) is 2.96. The highest BCUT2D eigenvalue weighted by Gasteiger charge is 2.31. The highest BCUT2D eigenvalue weighted by atomic mass is 32.2. The van der Waals surface area contributed by atoms with Gasteiger partial charge in [-0.15, -0.1) is 10.2 Å². The molecule has 0 atom stereocenters. The van der Waals surface area contributed by atoms with E-state index in [-0.39, 0.29) is 16.8 Å². The van der Waals surface area contributed by atoms with Crippen LogP contribution in [-0.4, -0.2) is 45.5 Å². The van der Waals surface area contributed by atoms with Gasteiger partial charge in [0.1, 0.15) is 16.3 Å². The van der Waals surface area contributed by atoms with Crippen molar-refractivity contribution in [1.29, 1.82) is 0 Å². The largest absolute Gasteiger partial charge is 0.506 e. The molecule has 0 aliphatic carbocycles. The van der Waals surface area contributed by atoms with Crippen LogP contribution in [0.3, 0.4) is 0 Å². The molecule has 0 bridgehead atoms. The Morgan fingerprint density at radius 1 is 0.861 bits per heavy atom. The second kappa shape index (κ2) is 8.56. The zero-order valence-corrected chi connectivity index (χ0v) is 20.2. The maximum absolute atomic E-state index is 13.0. The lowest BCUT2D eigenvalue weighted by Gasteiger charge is -2.12. The number of para-hydroxylation sites is 1. The van der Waals surface area contributed by atoms with Gasteiger partial charge in [0.15, 0.2) is 16.3 Å². The van der Waals surface area contributed by atoms with Gasteiger partial charge in [0.05, 0.1) is 16.8 Å². The summed E-state index contributed by atoms with van der Waals surface area (Å²) in [5.74, 6) is -2.16. The van der Waals surface area contributed by atoms with E-state index in [1.165, 1.54) is 4.68 Å². The van der Waals surface area contributed by atoms with Crippen LogP contribution in [0, 0.1) is 6.92 Å². The average molecular weight is 535 g/mol. The summed E-state index contributed by atoms with van der Waals surface area (Å²) in [5, 5.41) is 28.2. The zero-order valence-electron chi connectivity index (χ0n) is 18.6. The summed E-state index contributed by atoms with van der Waals surface area (Å²) >= 11 is 0. The van der Waals surface area contributed by atoms with Crippen molar-refractivity contribution < 1.29 is 36.2 Å². The Morgan fingerprint density at radius 3 is 2.08 bits per heavy atom. The SMILES string of the molecule is Cc1c(N=Nc2ccc3cc(S(=O)(=O)O)c(S(=O)(=O)O)c(O)c3c2O)c(=O)n(-c2ccccc2)n1C. The van der Waals surface area contributed by atoms with E-state index in [4.69, 9.17) is 0 Å². The Bertz CT molecular complexity index is 1840. The second-order valence-corrected chi connectivity index (χ2v) is 10.4. The van der Waals surface area contributed by atoms with Gasteiger partial charge in [0, 0.05) is 7.05 Å². The van der Waals surface area contributed by atoms with Crippen molar-refractivity contribution in [2.45, 2.75) is 16.7 Å². The van der Waals surface area contributed by atoms with Crippen molar-refractivity contribution in [3.63, 3.8) is 0 Å². The molecule has 0 radical (unpaired) electrons. The fourth-order valence-electron chi connectivity index (χ4n) is 3.70. The molecule has 0 fully saturated rings. The van der Waals surface area contributed by atoms with Crippen LogP contribution >= 0.6 is 0 Å². The van der Waals surface area contributed by atoms with E-state index in [9.17, 15) is 40.9 Å². The molecule has 4 rings (SSSR count). The summed E-state index contributed by atoms with van der Waals surface area (Å²) in [6, 6.07) is 11.7. The van der Waals surface area contributed by atoms with Crippen molar-refractivity contribution in [3.05, 3.63) is 64.6 Å². The van der Waals surface area contributed by atoms with Gasteiger partial charge in [-0.3, -0.25) is 18.6 Å². The van der Waals surface area contributed by atoms with E-state index >= 15 is 0 Å². The minimum atomic E-state index is -5.36. The summed E-state index contributed by atoms with van der Waals surface area (Å²) in [5.41, 5.74) is 0.111. The molecule has 0 saturated carbocycles. The van der Waals surface area contributed by atoms with Gasteiger partial charge in [-0.05, 0) is 36.6 Å². The number of hydrogen-bond acceptors (Lipinski definition) is 9. The molecule has 13 nitrogen and oxygen atoms in total. The van der Waals surface area contributed by atoms with Crippen molar-refractivity contribution in [2.75, 3.05) is 0 Å². The molecule has 0 spiro atoms. The van der Waals surface area contributed by atoms with Crippen LogP contribution in [0.15, 0.2) is 73.3 Å². The topological polar surface area (TPSA) is 201 Å². The molecule has 36 heavy (non-hydrogen) atoms. The highest BCUT2D eigenvalue weighted by Crippen LogP contribution is 2.45. The van der Waals surface area contributed by atoms with E-state index in [1.807, 2.05) is 0 Å². The fourth-order valence-corrected chi connectivity index (χ4v) is 5.60. The molecule has 0 unspecified atom stereocenters. The normalized spacial score (nSPS) is 12.6. The van der Waals surface area contributed by atoms with Gasteiger partial charge in [0.25, 0.3) is 25.8 Å². The molecule has 4 aromatic rings. The van der Waals surface area contributed by atoms with Crippen LogP contribution in [-0.2, 0) is 27.3 Å². The number of aromatic nitrogens is 2. The lowest BCUT2D eigenvalue weighted by atomic mass is 10.1. The molecule has 15 heteroatoms. The first-order chi connectivity index (χ1) is 16.7. The van der Waals surface area contributed by atoms with Crippen molar-refractivity contribution in [2.24, 2.45) is 17.3 Å². The molecule has 1 heterocycles. The molecule has 0 saturated heterocycles. The second-order valence-electron chi connectivity index (χ2n) is 7.64. The smallest absolute Gasteiger partial charge is 0.299 e. The number of nitrogens with zero attached hydrogens (tertiary/aromatic N) is 4. The number of hydrogen-bond donors (Lipinski definition) is 4. The Balaban J connectivity index is 1.91. The first-order valence-electron chi connectivity index (χ1n) is 9.96. The molecule has 0 amide bonds. The quantitative estimate of drug-likeness (QED) is 0.219. The van der Waals surface area contributed by atoms with Crippen LogP contribution in [0.2, 0.25) is 0 Å². The molecule has 188 valence electrons. The van der Waals surface area contributed by atoms with E-state index < -0.39 is 52.5 Å². The van der Waals surface area contributed by atoms with Crippen LogP contribution in [0.4, 0.5) is 11.4 Å². The predicted molar refractivity (Wildman–Crippen MR) is 127 cm³/mol. The first kappa shape index (κ1) is 25.1. The van der Waals surface area contributed by atoms with Gasteiger partial charge in [0.2, 0.25) is 0 Å². The van der Waals surface area contributed by atoms with E-state index in [0.717, 1.165) is 12.1 Å². The summed E-state index contributed by atoms with van der Waals surface area (Å²) in [6.45, 7) is 1.62. The number of aromatic hydroxyl groups is 2. The maximum Gasteiger partial charge on any atom is 0.299 e. The van der Waals surface area contributed by atoms with Gasteiger partial charge >= 0.3 is 0 Å². The third-order valence-electron chi connectivity index (χ3n) is 5.47. The third-order valence-corrected chi connectivity index (χ3v) is 7.40. The maximum atomic E-state index is 13.0. The molecule has 0 aliphatic heterocycles. The Labute approximate surface area is 203 Å². The molecule has 1 aromatic heterocycles. The average Bonchev–Trinajstić information content (AvgIpc) is 3.00. The van der Waals surface area contributed by atoms with Gasteiger partial charge in [-0.25, -0.2) is 4.68 Å². The van der Waals surface area contributed by atoms with Crippen LogP contribution in [0.5, 0.6) is 11.5 Å². The van der Waals surface area contributed by atoms with Crippen molar-refractivity contribution >= 4 is 42.4 Å². The van der Waals surface area contributed by atoms with E-state index in [0.29, 0.717) is 17.4 Å². The Morgan fingerprint density at radius 2 is 1.50 bits per heavy atom. The third kappa shape index (κ3) is 4.13. The fraction of sp³-hybridized carbons (Fsp3) is 0.0952. The molecule has 3 aromatic carbocycles. The van der Waals surface area contributed by atoms with Crippen LogP contribution in [0.25, 0.3) is 16.5 Å². The number of fused-ring (bicyclic) bond motifs is 1. The summed E-state index contributed by atoms with van der Waals surface area (Å²) in [6.07, 6.45) is 0. The van der Waals surface area contributed by atoms with Crippen molar-refractivity contribution in [3.8, 4) is 17.2 Å². The lowest BCUT2D eigenvalue weighted by Crippen LogP contribution is -2.19. The van der Waals surface area contributed by atoms with Crippen LogP contribution in [0.1, 0.15) is 5.69 Å². The zero-order chi connectivity index (χ0) is 26.6. The number of rotatable bonds is 5. The molecule has 4 N–H and O–H groups in total. The van der Waals surface area contributed by atoms with Gasteiger partial charge in [-0.2, -0.15) is 16.8 Å². The summed E-state index contributed by atoms with van der Waals surface area (Å²) < 4.78 is 68.5. The standard InChI is InChI=1S/C21H18N4O9S2/c1-11-17(21(28)25(24(11)2)13-6-4-3-5-7-13)23-22-14-9-8-12-10-15(35(29,30)31)20(36(32,33)34)19(27)16(12)18(14)26/h3-10,26-27H,1-2H3,(H,29,30,31)(H,32,33,34). The minimum Gasteiger partial charge on any atom is -0.506 e.